The molecule has 1 fully saturated rings. The molecule has 96 valence electrons. The normalized spacial score (nSPS) is 32.2. The molecule has 8 heteroatoms. The largest absolute Gasteiger partial charge is 0.390 e. The molecule has 1 aliphatic rings. The van der Waals surface area contributed by atoms with Crippen molar-refractivity contribution in [3.8, 4) is 0 Å². The number of imidazole rings is 1. The molecule has 18 heavy (non-hydrogen) atoms. The second-order valence-electron chi connectivity index (χ2n) is 4.13. The lowest BCUT2D eigenvalue weighted by Crippen LogP contribution is -2.30. The summed E-state index contributed by atoms with van der Waals surface area (Å²) in [7, 11) is 0. The first kappa shape index (κ1) is 11.3. The Labute approximate surface area is 102 Å². The van der Waals surface area contributed by atoms with Gasteiger partial charge in [0.05, 0.1) is 12.4 Å². The minimum Gasteiger partial charge on any atom is -0.390 e. The van der Waals surface area contributed by atoms with Crippen molar-refractivity contribution < 1.29 is 14.9 Å². The molecule has 0 bridgehead atoms. The number of hydrogen-bond acceptors (Lipinski definition) is 7. The van der Waals surface area contributed by atoms with Gasteiger partial charge in [0, 0.05) is 0 Å². The van der Waals surface area contributed by atoms with E-state index in [4.69, 9.17) is 10.5 Å². The zero-order valence-electron chi connectivity index (χ0n) is 9.34. The SMILES string of the molecule is [CH2-][C@H]1O[C@@H](n2cnc3c(N)ncnc32)[C@H](O)[C@@H]1O. The van der Waals surface area contributed by atoms with E-state index in [2.05, 4.69) is 21.9 Å². The van der Waals surface area contributed by atoms with Crippen LogP contribution in [0, 0.1) is 6.92 Å². The van der Waals surface area contributed by atoms with Gasteiger partial charge in [-0.1, -0.05) is 0 Å². The minimum atomic E-state index is -1.10. The van der Waals surface area contributed by atoms with Gasteiger partial charge in [0.15, 0.2) is 17.7 Å². The van der Waals surface area contributed by atoms with Crippen molar-refractivity contribution in [2.75, 3.05) is 5.73 Å². The number of nitrogens with zero attached hydrogens (tertiary/aromatic N) is 4. The van der Waals surface area contributed by atoms with E-state index < -0.39 is 24.5 Å². The molecule has 4 atom stereocenters. The van der Waals surface area contributed by atoms with Gasteiger partial charge in [0.1, 0.15) is 17.9 Å². The Balaban J connectivity index is 2.08. The summed E-state index contributed by atoms with van der Waals surface area (Å²) in [6.07, 6.45) is -0.903. The second kappa shape index (κ2) is 3.87. The van der Waals surface area contributed by atoms with Crippen LogP contribution in [-0.4, -0.2) is 48.0 Å². The van der Waals surface area contributed by atoms with E-state index in [1.165, 1.54) is 17.2 Å². The topological polar surface area (TPSA) is 119 Å². The molecular formula is C10H12N5O3-. The Morgan fingerprint density at radius 3 is 2.72 bits per heavy atom. The van der Waals surface area contributed by atoms with Crippen molar-refractivity contribution in [2.24, 2.45) is 0 Å². The number of anilines is 1. The van der Waals surface area contributed by atoms with Gasteiger partial charge in [-0.2, -0.15) is 0 Å². The minimum absolute atomic E-state index is 0.248. The summed E-state index contributed by atoms with van der Waals surface area (Å²) >= 11 is 0. The molecule has 3 rings (SSSR count). The number of ether oxygens (including phenoxy) is 1. The van der Waals surface area contributed by atoms with Crippen molar-refractivity contribution in [1.82, 2.24) is 19.5 Å². The van der Waals surface area contributed by atoms with Gasteiger partial charge in [-0.25, -0.2) is 15.0 Å². The van der Waals surface area contributed by atoms with Gasteiger partial charge < -0.3 is 27.6 Å². The maximum atomic E-state index is 9.89. The average Bonchev–Trinajstić information content (AvgIpc) is 2.88. The molecule has 0 aliphatic carbocycles. The van der Waals surface area contributed by atoms with Crippen LogP contribution in [-0.2, 0) is 4.74 Å². The Morgan fingerprint density at radius 2 is 2.06 bits per heavy atom. The molecule has 0 radical (unpaired) electrons. The van der Waals surface area contributed by atoms with Crippen LogP contribution in [0.2, 0.25) is 0 Å². The molecule has 0 spiro atoms. The second-order valence-corrected chi connectivity index (χ2v) is 4.13. The molecular weight excluding hydrogens is 238 g/mol. The number of aromatic nitrogens is 4. The Hall–Kier alpha value is -1.77. The molecule has 1 saturated heterocycles. The fourth-order valence-electron chi connectivity index (χ4n) is 2.02. The van der Waals surface area contributed by atoms with Gasteiger partial charge >= 0.3 is 0 Å². The highest BCUT2D eigenvalue weighted by molar-refractivity contribution is 5.81. The maximum Gasteiger partial charge on any atom is 0.167 e. The van der Waals surface area contributed by atoms with Crippen molar-refractivity contribution >= 4 is 17.0 Å². The summed E-state index contributed by atoms with van der Waals surface area (Å²) in [5.74, 6) is 0.248. The molecule has 8 nitrogen and oxygen atoms in total. The molecule has 0 amide bonds. The Morgan fingerprint density at radius 1 is 1.28 bits per heavy atom. The van der Waals surface area contributed by atoms with E-state index in [1.54, 1.807) is 0 Å². The smallest absolute Gasteiger partial charge is 0.167 e. The number of nitrogens with two attached hydrogens (primary N) is 1. The number of nitrogen functional groups attached to an aromatic ring is 1. The first-order valence-electron chi connectivity index (χ1n) is 5.37. The summed E-state index contributed by atoms with van der Waals surface area (Å²) in [5, 5.41) is 19.5. The van der Waals surface area contributed by atoms with Crippen LogP contribution in [0.3, 0.4) is 0 Å². The van der Waals surface area contributed by atoms with Gasteiger partial charge in [-0.15, -0.1) is 0 Å². The molecule has 0 aromatic carbocycles. The van der Waals surface area contributed by atoms with Crippen LogP contribution >= 0.6 is 0 Å². The van der Waals surface area contributed by atoms with Crippen LogP contribution in [0.5, 0.6) is 0 Å². The van der Waals surface area contributed by atoms with Gasteiger partial charge in [-0.05, 0) is 6.10 Å². The van der Waals surface area contributed by atoms with Gasteiger partial charge in [0.2, 0.25) is 0 Å². The number of rotatable bonds is 1. The number of hydrogen-bond donors (Lipinski definition) is 3. The molecule has 2 aromatic heterocycles. The van der Waals surface area contributed by atoms with Crippen molar-refractivity contribution in [1.29, 1.82) is 0 Å². The zero-order chi connectivity index (χ0) is 12.9. The predicted molar refractivity (Wildman–Crippen MR) is 61.0 cm³/mol. The molecule has 1 aliphatic heterocycles. The van der Waals surface area contributed by atoms with E-state index >= 15 is 0 Å². The number of aliphatic hydroxyl groups excluding tert-OH is 2. The average molecular weight is 250 g/mol. The molecule has 3 heterocycles. The van der Waals surface area contributed by atoms with Crippen molar-refractivity contribution in [2.45, 2.75) is 24.5 Å². The van der Waals surface area contributed by atoms with E-state index in [9.17, 15) is 10.2 Å². The van der Waals surface area contributed by atoms with Crippen LogP contribution < -0.4 is 5.73 Å². The lowest BCUT2D eigenvalue weighted by Gasteiger charge is -2.17. The lowest BCUT2D eigenvalue weighted by atomic mass is 10.1. The predicted octanol–water partition coefficient (Wildman–Crippen LogP) is -1.14. The van der Waals surface area contributed by atoms with Crippen LogP contribution in [0.15, 0.2) is 12.7 Å². The van der Waals surface area contributed by atoms with Crippen LogP contribution in [0.4, 0.5) is 5.82 Å². The van der Waals surface area contributed by atoms with Crippen LogP contribution in [0.25, 0.3) is 11.2 Å². The lowest BCUT2D eigenvalue weighted by molar-refractivity contribution is -0.0249. The maximum absolute atomic E-state index is 9.89. The Bertz CT molecular complexity index is 586. The molecule has 0 saturated carbocycles. The van der Waals surface area contributed by atoms with Gasteiger partial charge in [0.25, 0.3) is 0 Å². The zero-order valence-corrected chi connectivity index (χ0v) is 9.34. The highest BCUT2D eigenvalue weighted by Gasteiger charge is 2.38. The summed E-state index contributed by atoms with van der Waals surface area (Å²) < 4.78 is 6.90. The number of aliphatic hydroxyl groups is 2. The van der Waals surface area contributed by atoms with Gasteiger partial charge in [-0.3, -0.25) is 4.57 Å². The number of fused-ring (bicyclic) bond motifs is 1. The highest BCUT2D eigenvalue weighted by Crippen LogP contribution is 2.31. The first-order chi connectivity index (χ1) is 8.59. The fourth-order valence-corrected chi connectivity index (χ4v) is 2.02. The molecule has 2 aromatic rings. The third kappa shape index (κ3) is 1.47. The summed E-state index contributed by atoms with van der Waals surface area (Å²) in [4.78, 5) is 11.9. The third-order valence-corrected chi connectivity index (χ3v) is 3.00. The van der Waals surface area contributed by atoms with E-state index in [-0.39, 0.29) is 5.82 Å². The van der Waals surface area contributed by atoms with E-state index in [1.807, 2.05) is 0 Å². The summed E-state index contributed by atoms with van der Waals surface area (Å²) in [6, 6.07) is 0. The summed E-state index contributed by atoms with van der Waals surface area (Å²) in [6.45, 7) is 3.60. The van der Waals surface area contributed by atoms with Crippen LogP contribution in [0.1, 0.15) is 6.23 Å². The first-order valence-corrected chi connectivity index (χ1v) is 5.37. The molecule has 0 unspecified atom stereocenters. The standard InChI is InChI=1S/C10H12N5O3/c1-4-6(16)7(17)10(18-4)15-3-14-5-8(11)12-2-13-9(5)15/h2-4,6-7,10,16-17H,1H2,(H2,11,12,13)/q-1/t4-,6-,7-,10-/m1/s1. The van der Waals surface area contributed by atoms with E-state index in [0.717, 1.165) is 0 Å². The summed E-state index contributed by atoms with van der Waals surface area (Å²) in [5.41, 5.74) is 6.53. The molecule has 4 N–H and O–H groups in total. The fraction of sp³-hybridized carbons (Fsp3) is 0.400. The van der Waals surface area contributed by atoms with Crippen molar-refractivity contribution in [3.05, 3.63) is 19.6 Å². The Kier molecular flexibility index (Phi) is 2.44. The third-order valence-electron chi connectivity index (χ3n) is 3.00. The monoisotopic (exact) mass is 250 g/mol. The highest BCUT2D eigenvalue weighted by atomic mass is 16.6. The van der Waals surface area contributed by atoms with Crippen molar-refractivity contribution in [3.63, 3.8) is 0 Å². The quantitative estimate of drug-likeness (QED) is 0.547. The van der Waals surface area contributed by atoms with E-state index in [0.29, 0.717) is 11.2 Å².